The van der Waals surface area contributed by atoms with Crippen molar-refractivity contribution in [2.45, 2.75) is 31.8 Å². The van der Waals surface area contributed by atoms with Gasteiger partial charge in [0.2, 0.25) is 0 Å². The van der Waals surface area contributed by atoms with Gasteiger partial charge in [0, 0.05) is 25.2 Å². The molecular weight excluding hydrogens is 184 g/mol. The third-order valence-corrected chi connectivity index (χ3v) is 3.18. The largest absolute Gasteiger partial charge is 0.329 e. The van der Waals surface area contributed by atoms with Crippen LogP contribution in [0.3, 0.4) is 0 Å². The Bertz CT molecular complexity index is 293. The van der Waals surface area contributed by atoms with E-state index in [0.717, 1.165) is 19.1 Å². The summed E-state index contributed by atoms with van der Waals surface area (Å²) in [5.41, 5.74) is 7.07. The monoisotopic (exact) mass is 204 g/mol. The third kappa shape index (κ3) is 2.58. The molecule has 0 saturated heterocycles. The molecule has 15 heavy (non-hydrogen) atoms. The Balaban J connectivity index is 2.07. The van der Waals surface area contributed by atoms with E-state index in [0.29, 0.717) is 6.04 Å². The van der Waals surface area contributed by atoms with E-state index in [1.807, 2.05) is 0 Å². The fraction of sp³-hybridized carbons (Fsp3) is 0.538. The molecule has 1 aliphatic rings. The van der Waals surface area contributed by atoms with Crippen LogP contribution in [0.25, 0.3) is 0 Å². The summed E-state index contributed by atoms with van der Waals surface area (Å²) in [6.45, 7) is 4.05. The minimum atomic E-state index is 0.502. The van der Waals surface area contributed by atoms with Gasteiger partial charge in [0.1, 0.15) is 0 Å². The SMILES string of the molecule is CC(c1ccccc1)N(CCN)C1CC1. The molecule has 1 aromatic rings. The topological polar surface area (TPSA) is 29.3 Å². The van der Waals surface area contributed by atoms with Crippen molar-refractivity contribution in [2.75, 3.05) is 13.1 Å². The average Bonchev–Trinajstić information content (AvgIpc) is 3.10. The van der Waals surface area contributed by atoms with Crippen LogP contribution in [0, 0.1) is 0 Å². The first-order chi connectivity index (χ1) is 7.33. The van der Waals surface area contributed by atoms with Crippen molar-refractivity contribution in [3.05, 3.63) is 35.9 Å². The standard InChI is InChI=1S/C13H20N2/c1-11(12-5-3-2-4-6-12)15(10-9-14)13-7-8-13/h2-6,11,13H,7-10,14H2,1H3. The molecule has 0 amide bonds. The van der Waals surface area contributed by atoms with E-state index in [1.54, 1.807) is 0 Å². The number of rotatable bonds is 5. The number of nitrogens with two attached hydrogens (primary N) is 1. The summed E-state index contributed by atoms with van der Waals surface area (Å²) in [5.74, 6) is 0. The molecule has 0 aliphatic heterocycles. The van der Waals surface area contributed by atoms with Crippen LogP contribution in [0.15, 0.2) is 30.3 Å². The van der Waals surface area contributed by atoms with Gasteiger partial charge in [0.05, 0.1) is 0 Å². The van der Waals surface area contributed by atoms with Crippen molar-refractivity contribution in [3.63, 3.8) is 0 Å². The van der Waals surface area contributed by atoms with E-state index in [9.17, 15) is 0 Å². The van der Waals surface area contributed by atoms with Gasteiger partial charge in [-0.05, 0) is 25.3 Å². The molecule has 2 heteroatoms. The van der Waals surface area contributed by atoms with Crippen LogP contribution < -0.4 is 5.73 Å². The van der Waals surface area contributed by atoms with Crippen molar-refractivity contribution in [2.24, 2.45) is 5.73 Å². The predicted octanol–water partition coefficient (Wildman–Crippen LogP) is 2.17. The molecule has 1 saturated carbocycles. The lowest BCUT2D eigenvalue weighted by Gasteiger charge is -2.28. The van der Waals surface area contributed by atoms with Crippen LogP contribution in [0.5, 0.6) is 0 Å². The highest BCUT2D eigenvalue weighted by Gasteiger charge is 2.31. The molecule has 0 radical (unpaired) electrons. The Morgan fingerprint density at radius 2 is 2.00 bits per heavy atom. The Labute approximate surface area is 92.1 Å². The summed E-state index contributed by atoms with van der Waals surface area (Å²) >= 11 is 0. The van der Waals surface area contributed by atoms with E-state index >= 15 is 0 Å². The van der Waals surface area contributed by atoms with E-state index < -0.39 is 0 Å². The van der Waals surface area contributed by atoms with Gasteiger partial charge < -0.3 is 5.73 Å². The maximum atomic E-state index is 5.67. The lowest BCUT2D eigenvalue weighted by Crippen LogP contribution is -2.33. The first-order valence-electron chi connectivity index (χ1n) is 5.83. The molecule has 1 aromatic carbocycles. The van der Waals surface area contributed by atoms with Crippen LogP contribution in [-0.4, -0.2) is 24.0 Å². The number of hydrogen-bond acceptors (Lipinski definition) is 2. The summed E-state index contributed by atoms with van der Waals surface area (Å²) in [7, 11) is 0. The first kappa shape index (κ1) is 10.7. The van der Waals surface area contributed by atoms with Crippen LogP contribution in [0.2, 0.25) is 0 Å². The molecule has 0 aromatic heterocycles. The predicted molar refractivity (Wildman–Crippen MR) is 63.6 cm³/mol. The summed E-state index contributed by atoms with van der Waals surface area (Å²) in [6.07, 6.45) is 2.69. The zero-order valence-corrected chi connectivity index (χ0v) is 9.39. The number of hydrogen-bond donors (Lipinski definition) is 1. The third-order valence-electron chi connectivity index (χ3n) is 3.18. The maximum absolute atomic E-state index is 5.67. The highest BCUT2D eigenvalue weighted by Crippen LogP contribution is 2.33. The molecule has 2 N–H and O–H groups in total. The highest BCUT2D eigenvalue weighted by molar-refractivity contribution is 5.19. The molecule has 2 nitrogen and oxygen atoms in total. The Morgan fingerprint density at radius 1 is 1.33 bits per heavy atom. The zero-order valence-electron chi connectivity index (χ0n) is 9.39. The van der Waals surface area contributed by atoms with Crippen molar-refractivity contribution in [1.82, 2.24) is 4.90 Å². The molecule has 0 bridgehead atoms. The summed E-state index contributed by atoms with van der Waals surface area (Å²) < 4.78 is 0. The van der Waals surface area contributed by atoms with Crippen LogP contribution in [-0.2, 0) is 0 Å². The lowest BCUT2D eigenvalue weighted by molar-refractivity contribution is 0.206. The van der Waals surface area contributed by atoms with E-state index in [4.69, 9.17) is 5.73 Å². The molecule has 2 rings (SSSR count). The second kappa shape index (κ2) is 4.77. The Hall–Kier alpha value is -0.860. The maximum Gasteiger partial charge on any atom is 0.0323 e. The second-order valence-corrected chi connectivity index (χ2v) is 4.34. The quantitative estimate of drug-likeness (QED) is 0.796. The molecule has 1 atom stereocenters. The van der Waals surface area contributed by atoms with E-state index in [1.165, 1.54) is 18.4 Å². The fourth-order valence-corrected chi connectivity index (χ4v) is 2.17. The Morgan fingerprint density at radius 3 is 2.53 bits per heavy atom. The van der Waals surface area contributed by atoms with Gasteiger partial charge >= 0.3 is 0 Å². The molecule has 82 valence electrons. The summed E-state index contributed by atoms with van der Waals surface area (Å²) in [5, 5.41) is 0. The van der Waals surface area contributed by atoms with Crippen LogP contribution in [0.4, 0.5) is 0 Å². The molecule has 1 unspecified atom stereocenters. The highest BCUT2D eigenvalue weighted by atomic mass is 15.2. The number of nitrogens with zero attached hydrogens (tertiary/aromatic N) is 1. The smallest absolute Gasteiger partial charge is 0.0323 e. The molecule has 0 heterocycles. The van der Waals surface area contributed by atoms with Gasteiger partial charge in [-0.15, -0.1) is 0 Å². The summed E-state index contributed by atoms with van der Waals surface area (Å²) in [6, 6.07) is 12.0. The van der Waals surface area contributed by atoms with Gasteiger partial charge in [0.15, 0.2) is 0 Å². The van der Waals surface area contributed by atoms with Gasteiger partial charge in [0.25, 0.3) is 0 Å². The van der Waals surface area contributed by atoms with Gasteiger partial charge in [-0.25, -0.2) is 0 Å². The van der Waals surface area contributed by atoms with E-state index in [2.05, 4.69) is 42.2 Å². The van der Waals surface area contributed by atoms with Crippen LogP contribution >= 0.6 is 0 Å². The minimum absolute atomic E-state index is 0.502. The lowest BCUT2D eigenvalue weighted by atomic mass is 10.1. The van der Waals surface area contributed by atoms with Crippen molar-refractivity contribution >= 4 is 0 Å². The van der Waals surface area contributed by atoms with Gasteiger partial charge in [-0.1, -0.05) is 30.3 Å². The van der Waals surface area contributed by atoms with Gasteiger partial charge in [-0.3, -0.25) is 4.90 Å². The average molecular weight is 204 g/mol. The van der Waals surface area contributed by atoms with Crippen molar-refractivity contribution in [1.29, 1.82) is 0 Å². The molecule has 0 spiro atoms. The summed E-state index contributed by atoms with van der Waals surface area (Å²) in [4.78, 5) is 2.54. The fourth-order valence-electron chi connectivity index (χ4n) is 2.17. The second-order valence-electron chi connectivity index (χ2n) is 4.34. The zero-order chi connectivity index (χ0) is 10.7. The molecule has 1 aliphatic carbocycles. The van der Waals surface area contributed by atoms with E-state index in [-0.39, 0.29) is 0 Å². The van der Waals surface area contributed by atoms with Crippen LogP contribution in [0.1, 0.15) is 31.4 Å². The number of benzene rings is 1. The molecular formula is C13H20N2. The molecule has 1 fully saturated rings. The van der Waals surface area contributed by atoms with Crippen molar-refractivity contribution < 1.29 is 0 Å². The first-order valence-corrected chi connectivity index (χ1v) is 5.83. The minimum Gasteiger partial charge on any atom is -0.329 e. The Kier molecular flexibility index (Phi) is 3.39. The van der Waals surface area contributed by atoms with Gasteiger partial charge in [-0.2, -0.15) is 0 Å². The normalized spacial score (nSPS) is 18.1. The van der Waals surface area contributed by atoms with Crippen molar-refractivity contribution in [3.8, 4) is 0 Å².